The molecule has 0 bridgehead atoms. The Labute approximate surface area is 199 Å². The number of hydrogen-bond acceptors (Lipinski definition) is 2. The van der Waals surface area contributed by atoms with E-state index in [0.717, 1.165) is 48.1 Å². The maximum absolute atomic E-state index is 13.7. The van der Waals surface area contributed by atoms with Gasteiger partial charge in [0.15, 0.2) is 6.10 Å². The number of aryl methyl sites for hydroxylation is 1. The van der Waals surface area contributed by atoms with Crippen LogP contribution >= 0.6 is 0 Å². The van der Waals surface area contributed by atoms with Crippen LogP contribution in [-0.2, 0) is 12.6 Å². The minimum atomic E-state index is -5.01. The number of benzene rings is 2. The van der Waals surface area contributed by atoms with Crippen molar-refractivity contribution in [3.8, 4) is 5.75 Å². The van der Waals surface area contributed by atoms with Crippen LogP contribution in [0.4, 0.5) is 26.3 Å². The number of rotatable bonds is 5. The predicted molar refractivity (Wildman–Crippen MR) is 119 cm³/mol. The summed E-state index contributed by atoms with van der Waals surface area (Å²) in [5, 5.41) is 2.94. The molecule has 3 atom stereocenters. The molecule has 4 rings (SSSR count). The van der Waals surface area contributed by atoms with Gasteiger partial charge in [-0.25, -0.2) is 0 Å². The van der Waals surface area contributed by atoms with E-state index in [4.69, 9.17) is 0 Å². The first-order valence-electron chi connectivity index (χ1n) is 11.4. The fraction of sp³-hybridized carbons (Fsp3) is 0.423. The molecule has 1 N–H and O–H groups in total. The molecule has 2 aromatic rings. The van der Waals surface area contributed by atoms with E-state index in [9.17, 15) is 31.1 Å². The number of halogens is 6. The molecule has 1 amide bonds. The summed E-state index contributed by atoms with van der Waals surface area (Å²) in [6.45, 7) is 2.59. The first-order chi connectivity index (χ1) is 16.3. The summed E-state index contributed by atoms with van der Waals surface area (Å²) in [6.07, 6.45) is -6.91. The van der Waals surface area contributed by atoms with Gasteiger partial charge in [-0.15, -0.1) is 0 Å². The Morgan fingerprint density at radius 1 is 1.11 bits per heavy atom. The lowest BCUT2D eigenvalue weighted by atomic mass is 9.90. The molecule has 1 saturated carbocycles. The molecule has 0 radical (unpaired) electrons. The van der Waals surface area contributed by atoms with Crippen molar-refractivity contribution in [3.63, 3.8) is 0 Å². The van der Waals surface area contributed by atoms with E-state index in [1.165, 1.54) is 0 Å². The summed E-state index contributed by atoms with van der Waals surface area (Å²) in [6, 6.07) is 10.3. The van der Waals surface area contributed by atoms with Gasteiger partial charge in [-0.1, -0.05) is 37.3 Å². The Hall–Kier alpha value is -2.97. The Morgan fingerprint density at radius 2 is 1.80 bits per heavy atom. The molecule has 2 aliphatic carbocycles. The molecule has 3 nitrogen and oxygen atoms in total. The monoisotopic (exact) mass is 497 g/mol. The smallest absolute Gasteiger partial charge is 0.425 e. The van der Waals surface area contributed by atoms with Gasteiger partial charge in [-0.05, 0) is 73.4 Å². The molecule has 1 fully saturated rings. The highest BCUT2D eigenvalue weighted by Gasteiger charge is 2.55. The van der Waals surface area contributed by atoms with Crippen molar-refractivity contribution in [3.05, 3.63) is 70.8 Å². The number of hydrogen-bond donors (Lipinski definition) is 1. The second-order valence-corrected chi connectivity index (χ2v) is 9.21. The highest BCUT2D eigenvalue weighted by Crippen LogP contribution is 2.53. The predicted octanol–water partition coefficient (Wildman–Crippen LogP) is 6.96. The Kier molecular flexibility index (Phi) is 6.40. The minimum Gasteiger partial charge on any atom is -0.481 e. The van der Waals surface area contributed by atoms with Gasteiger partial charge in [-0.2, -0.15) is 26.3 Å². The highest BCUT2D eigenvalue weighted by molar-refractivity contribution is 5.98. The number of fused-ring (bicyclic) bond motifs is 1. The van der Waals surface area contributed by atoms with E-state index in [-0.39, 0.29) is 11.5 Å². The van der Waals surface area contributed by atoms with E-state index in [2.05, 4.69) is 16.1 Å². The van der Waals surface area contributed by atoms with Gasteiger partial charge < -0.3 is 10.1 Å². The lowest BCUT2D eigenvalue weighted by Gasteiger charge is -2.25. The third-order valence-electron chi connectivity index (χ3n) is 6.74. The molecule has 35 heavy (non-hydrogen) atoms. The number of allylic oxidation sites excluding steroid dienone is 1. The average molecular weight is 497 g/mol. The van der Waals surface area contributed by atoms with Crippen LogP contribution in [0.25, 0.3) is 5.57 Å². The standard InChI is InChI=1S/C26H25F6NO2/c1-15-14-24(15,20-10-6-4-8-17-7-3-5-9-19(17)20)33-23(34)18-11-12-22(21(13-18)26(30,31)32)35-16(2)25(27,28)29/h3,5,7,9-13,15-16H,4,6,8,14H2,1-2H3,(H,33,34). The van der Waals surface area contributed by atoms with Crippen LogP contribution in [-0.4, -0.2) is 23.7 Å². The van der Waals surface area contributed by atoms with Crippen LogP contribution in [0.15, 0.2) is 48.5 Å². The van der Waals surface area contributed by atoms with Crippen molar-refractivity contribution in [1.29, 1.82) is 0 Å². The van der Waals surface area contributed by atoms with Crippen LogP contribution in [0, 0.1) is 5.92 Å². The van der Waals surface area contributed by atoms with Crippen molar-refractivity contribution in [2.75, 3.05) is 0 Å². The van der Waals surface area contributed by atoms with Crippen molar-refractivity contribution in [1.82, 2.24) is 5.32 Å². The summed E-state index contributed by atoms with van der Waals surface area (Å²) in [5.41, 5.74) is 0.694. The summed E-state index contributed by atoms with van der Waals surface area (Å²) in [4.78, 5) is 13.1. The Bertz CT molecular complexity index is 1150. The third kappa shape index (κ3) is 5.04. The normalized spacial score (nSPS) is 23.0. The quantitative estimate of drug-likeness (QED) is 0.454. The first-order valence-corrected chi connectivity index (χ1v) is 11.4. The van der Waals surface area contributed by atoms with E-state index in [1.807, 2.05) is 31.2 Å². The van der Waals surface area contributed by atoms with Crippen molar-refractivity contribution in [2.24, 2.45) is 5.92 Å². The molecule has 2 aliphatic rings. The summed E-state index contributed by atoms with van der Waals surface area (Å²) < 4.78 is 84.0. The largest absolute Gasteiger partial charge is 0.481 e. The number of nitrogens with one attached hydrogen (secondary N) is 1. The average Bonchev–Trinajstić information content (AvgIpc) is 3.47. The number of ether oxygens (including phenoxy) is 1. The first kappa shape index (κ1) is 25.1. The van der Waals surface area contributed by atoms with Gasteiger partial charge in [0, 0.05) is 5.56 Å². The molecule has 0 spiro atoms. The van der Waals surface area contributed by atoms with Crippen molar-refractivity contribution in [2.45, 2.75) is 63.5 Å². The van der Waals surface area contributed by atoms with Gasteiger partial charge in [-0.3, -0.25) is 4.79 Å². The fourth-order valence-electron chi connectivity index (χ4n) is 4.64. The number of carbonyl (C=O) groups is 1. The molecule has 0 heterocycles. The molecule has 0 aromatic heterocycles. The lowest BCUT2D eigenvalue weighted by molar-refractivity contribution is -0.191. The molecule has 188 valence electrons. The molecular formula is C26H25F6NO2. The molecule has 0 saturated heterocycles. The van der Waals surface area contributed by atoms with Crippen LogP contribution in [0.3, 0.4) is 0 Å². The van der Waals surface area contributed by atoms with Crippen molar-refractivity contribution >= 4 is 11.5 Å². The van der Waals surface area contributed by atoms with Crippen LogP contribution < -0.4 is 10.1 Å². The van der Waals surface area contributed by atoms with Gasteiger partial charge in [0.25, 0.3) is 5.91 Å². The fourth-order valence-corrected chi connectivity index (χ4v) is 4.64. The maximum Gasteiger partial charge on any atom is 0.425 e. The topological polar surface area (TPSA) is 38.3 Å². The lowest BCUT2D eigenvalue weighted by Crippen LogP contribution is -2.39. The zero-order valence-corrected chi connectivity index (χ0v) is 19.2. The number of amides is 1. The molecule has 9 heteroatoms. The van der Waals surface area contributed by atoms with E-state index >= 15 is 0 Å². The molecule has 0 aliphatic heterocycles. The second kappa shape index (κ2) is 8.91. The Balaban J connectivity index is 1.64. The summed E-state index contributed by atoms with van der Waals surface area (Å²) >= 11 is 0. The number of carbonyl (C=O) groups excluding carboxylic acids is 1. The minimum absolute atomic E-state index is 0.0705. The van der Waals surface area contributed by atoms with Gasteiger partial charge in [0.1, 0.15) is 5.75 Å². The van der Waals surface area contributed by atoms with Crippen molar-refractivity contribution < 1.29 is 35.9 Å². The zero-order valence-electron chi connectivity index (χ0n) is 19.2. The van der Waals surface area contributed by atoms with Crippen LogP contribution in [0.1, 0.15) is 60.2 Å². The SMILES string of the molecule is CC(Oc1ccc(C(=O)NC2(C3=CCCCc4ccccc43)CC2C)cc1C(F)(F)F)C(F)(F)F. The van der Waals surface area contributed by atoms with Gasteiger partial charge >= 0.3 is 12.4 Å². The zero-order chi connectivity index (χ0) is 25.6. The molecular weight excluding hydrogens is 472 g/mol. The summed E-state index contributed by atoms with van der Waals surface area (Å²) in [5.74, 6) is -1.63. The van der Waals surface area contributed by atoms with Crippen LogP contribution in [0.2, 0.25) is 0 Å². The van der Waals surface area contributed by atoms with E-state index < -0.39 is 41.2 Å². The van der Waals surface area contributed by atoms with E-state index in [1.54, 1.807) is 0 Å². The van der Waals surface area contributed by atoms with E-state index in [0.29, 0.717) is 19.4 Å². The third-order valence-corrected chi connectivity index (χ3v) is 6.74. The second-order valence-electron chi connectivity index (χ2n) is 9.21. The summed E-state index contributed by atoms with van der Waals surface area (Å²) in [7, 11) is 0. The van der Waals surface area contributed by atoms with Gasteiger partial charge in [0.2, 0.25) is 0 Å². The molecule has 2 aromatic carbocycles. The van der Waals surface area contributed by atoms with Gasteiger partial charge in [0.05, 0.1) is 11.1 Å². The van der Waals surface area contributed by atoms with Crippen LogP contribution in [0.5, 0.6) is 5.75 Å². The number of alkyl halides is 6. The Morgan fingerprint density at radius 3 is 2.43 bits per heavy atom. The maximum atomic E-state index is 13.7. The molecule has 3 unspecified atom stereocenters. The highest BCUT2D eigenvalue weighted by atomic mass is 19.4.